The Labute approximate surface area is 134 Å². The zero-order chi connectivity index (χ0) is 16.2. The number of anilines is 2. The molecule has 0 spiro atoms. The number of methoxy groups -OCH3 is 1. The molecule has 0 atom stereocenters. The van der Waals surface area contributed by atoms with Crippen LogP contribution in [0.1, 0.15) is 10.4 Å². The molecular formula is C16H19N5O2. The Bertz CT molecular complexity index is 684. The Balaban J connectivity index is 1.66. The van der Waals surface area contributed by atoms with Gasteiger partial charge in [-0.25, -0.2) is 9.97 Å². The van der Waals surface area contributed by atoms with Gasteiger partial charge in [-0.3, -0.25) is 4.79 Å². The van der Waals surface area contributed by atoms with E-state index in [1.165, 1.54) is 0 Å². The lowest BCUT2D eigenvalue weighted by molar-refractivity contribution is 0.0746. The van der Waals surface area contributed by atoms with E-state index < -0.39 is 0 Å². The fourth-order valence-electron chi connectivity index (χ4n) is 2.59. The summed E-state index contributed by atoms with van der Waals surface area (Å²) in [6.45, 7) is 2.68. The molecule has 1 aliphatic rings. The minimum absolute atomic E-state index is 0.0167. The maximum Gasteiger partial charge on any atom is 0.254 e. The smallest absolute Gasteiger partial charge is 0.254 e. The van der Waals surface area contributed by atoms with Crippen LogP contribution in [0, 0.1) is 0 Å². The molecule has 0 aliphatic carbocycles. The molecule has 2 aromatic rings. The van der Waals surface area contributed by atoms with Crippen LogP contribution in [-0.4, -0.2) is 54.1 Å². The summed E-state index contributed by atoms with van der Waals surface area (Å²) in [4.78, 5) is 25.0. The Morgan fingerprint density at radius 3 is 2.52 bits per heavy atom. The number of rotatable bonds is 3. The van der Waals surface area contributed by atoms with E-state index in [0.29, 0.717) is 49.1 Å². The maximum atomic E-state index is 12.6. The molecule has 120 valence electrons. The normalized spacial score (nSPS) is 14.7. The number of aromatic nitrogens is 2. The monoisotopic (exact) mass is 313 g/mol. The molecule has 2 heterocycles. The van der Waals surface area contributed by atoms with E-state index in [0.717, 1.165) is 0 Å². The lowest BCUT2D eigenvalue weighted by Gasteiger charge is -2.34. The zero-order valence-corrected chi connectivity index (χ0v) is 13.0. The number of nitrogen functional groups attached to an aromatic ring is 1. The van der Waals surface area contributed by atoms with Crippen molar-refractivity contribution in [2.45, 2.75) is 0 Å². The molecule has 1 aromatic heterocycles. The van der Waals surface area contributed by atoms with Crippen LogP contribution in [-0.2, 0) is 0 Å². The first-order chi connectivity index (χ1) is 11.2. The van der Waals surface area contributed by atoms with Crippen molar-refractivity contribution in [3.8, 4) is 5.75 Å². The molecule has 0 saturated carbocycles. The van der Waals surface area contributed by atoms with Gasteiger partial charge in [-0.1, -0.05) is 0 Å². The number of piperazine rings is 1. The van der Waals surface area contributed by atoms with Crippen molar-refractivity contribution in [1.82, 2.24) is 14.9 Å². The molecule has 0 unspecified atom stereocenters. The SMILES string of the molecule is COc1cc(C(=O)N2CCN(c3ncccn3)CC2)ccc1N. The van der Waals surface area contributed by atoms with E-state index in [9.17, 15) is 4.79 Å². The Morgan fingerprint density at radius 2 is 1.87 bits per heavy atom. The number of nitrogens with two attached hydrogens (primary N) is 1. The van der Waals surface area contributed by atoms with E-state index >= 15 is 0 Å². The van der Waals surface area contributed by atoms with Crippen LogP contribution in [0.2, 0.25) is 0 Å². The van der Waals surface area contributed by atoms with Crippen molar-refractivity contribution in [3.63, 3.8) is 0 Å². The van der Waals surface area contributed by atoms with Crippen molar-refractivity contribution in [2.24, 2.45) is 0 Å². The van der Waals surface area contributed by atoms with Gasteiger partial charge < -0.3 is 20.3 Å². The minimum atomic E-state index is -0.0167. The maximum absolute atomic E-state index is 12.6. The van der Waals surface area contributed by atoms with E-state index in [1.54, 1.807) is 43.8 Å². The molecule has 1 saturated heterocycles. The average molecular weight is 313 g/mol. The molecule has 1 fully saturated rings. The number of benzene rings is 1. The van der Waals surface area contributed by atoms with Crippen molar-refractivity contribution in [3.05, 3.63) is 42.2 Å². The number of ether oxygens (including phenoxy) is 1. The molecule has 7 nitrogen and oxygen atoms in total. The summed E-state index contributed by atoms with van der Waals surface area (Å²) >= 11 is 0. The Kier molecular flexibility index (Phi) is 4.27. The predicted molar refractivity (Wildman–Crippen MR) is 87.6 cm³/mol. The molecule has 0 bridgehead atoms. The summed E-state index contributed by atoms with van der Waals surface area (Å²) in [5.74, 6) is 1.21. The molecule has 0 radical (unpaired) electrons. The van der Waals surface area contributed by atoms with Gasteiger partial charge in [0.05, 0.1) is 12.8 Å². The molecule has 2 N–H and O–H groups in total. The van der Waals surface area contributed by atoms with E-state index in [2.05, 4.69) is 14.9 Å². The van der Waals surface area contributed by atoms with Crippen LogP contribution in [0.15, 0.2) is 36.7 Å². The van der Waals surface area contributed by atoms with Gasteiger partial charge in [0.1, 0.15) is 5.75 Å². The van der Waals surface area contributed by atoms with Crippen LogP contribution in [0.3, 0.4) is 0 Å². The summed E-state index contributed by atoms with van der Waals surface area (Å²) in [5, 5.41) is 0. The average Bonchev–Trinajstić information content (AvgIpc) is 2.62. The summed E-state index contributed by atoms with van der Waals surface area (Å²) < 4.78 is 5.18. The van der Waals surface area contributed by atoms with Gasteiger partial charge in [0, 0.05) is 44.1 Å². The van der Waals surface area contributed by atoms with Crippen molar-refractivity contribution < 1.29 is 9.53 Å². The molecule has 1 aliphatic heterocycles. The highest BCUT2D eigenvalue weighted by Crippen LogP contribution is 2.23. The van der Waals surface area contributed by atoms with Crippen LogP contribution < -0.4 is 15.4 Å². The predicted octanol–water partition coefficient (Wildman–Crippen LogP) is 1.03. The van der Waals surface area contributed by atoms with Gasteiger partial charge in [0.25, 0.3) is 5.91 Å². The molecule has 23 heavy (non-hydrogen) atoms. The first-order valence-corrected chi connectivity index (χ1v) is 7.44. The Hall–Kier alpha value is -2.83. The third-order valence-electron chi connectivity index (χ3n) is 3.88. The van der Waals surface area contributed by atoms with Gasteiger partial charge in [-0.05, 0) is 24.3 Å². The van der Waals surface area contributed by atoms with Gasteiger partial charge >= 0.3 is 0 Å². The largest absolute Gasteiger partial charge is 0.495 e. The number of amides is 1. The number of carbonyl (C=O) groups excluding carboxylic acids is 1. The molecule has 3 rings (SSSR count). The molecule has 1 amide bonds. The Morgan fingerprint density at radius 1 is 1.17 bits per heavy atom. The van der Waals surface area contributed by atoms with Gasteiger partial charge in [-0.15, -0.1) is 0 Å². The van der Waals surface area contributed by atoms with E-state index in [-0.39, 0.29) is 5.91 Å². The van der Waals surface area contributed by atoms with Gasteiger partial charge in [0.15, 0.2) is 0 Å². The first-order valence-electron chi connectivity index (χ1n) is 7.44. The molecule has 7 heteroatoms. The second-order valence-corrected chi connectivity index (χ2v) is 5.28. The number of nitrogens with zero attached hydrogens (tertiary/aromatic N) is 4. The van der Waals surface area contributed by atoms with Crippen LogP contribution in [0.25, 0.3) is 0 Å². The lowest BCUT2D eigenvalue weighted by atomic mass is 10.1. The first kappa shape index (κ1) is 15.1. The lowest BCUT2D eigenvalue weighted by Crippen LogP contribution is -2.49. The van der Waals surface area contributed by atoms with Crippen molar-refractivity contribution in [1.29, 1.82) is 0 Å². The van der Waals surface area contributed by atoms with Gasteiger partial charge in [-0.2, -0.15) is 0 Å². The topological polar surface area (TPSA) is 84.6 Å². The highest BCUT2D eigenvalue weighted by Gasteiger charge is 2.23. The zero-order valence-electron chi connectivity index (χ0n) is 13.0. The summed E-state index contributed by atoms with van der Waals surface area (Å²) in [6.07, 6.45) is 3.45. The number of hydrogen-bond acceptors (Lipinski definition) is 6. The van der Waals surface area contributed by atoms with Crippen molar-refractivity contribution >= 4 is 17.5 Å². The summed E-state index contributed by atoms with van der Waals surface area (Å²) in [6, 6.07) is 6.90. The fourth-order valence-corrected chi connectivity index (χ4v) is 2.59. The second kappa shape index (κ2) is 6.51. The quantitative estimate of drug-likeness (QED) is 0.852. The summed E-state index contributed by atoms with van der Waals surface area (Å²) in [5.41, 5.74) is 6.90. The standard InChI is InChI=1S/C16H19N5O2/c1-23-14-11-12(3-4-13(14)17)15(22)20-7-9-21(10-8-20)16-18-5-2-6-19-16/h2-6,11H,7-10,17H2,1H3. The van der Waals surface area contributed by atoms with E-state index in [1.807, 2.05) is 4.90 Å². The van der Waals surface area contributed by atoms with Crippen LogP contribution in [0.4, 0.5) is 11.6 Å². The number of carbonyl (C=O) groups is 1. The number of hydrogen-bond donors (Lipinski definition) is 1. The van der Waals surface area contributed by atoms with E-state index in [4.69, 9.17) is 10.5 Å². The highest BCUT2D eigenvalue weighted by molar-refractivity contribution is 5.95. The van der Waals surface area contributed by atoms with Crippen molar-refractivity contribution in [2.75, 3.05) is 43.9 Å². The molecule has 1 aromatic carbocycles. The second-order valence-electron chi connectivity index (χ2n) is 5.28. The third-order valence-corrected chi connectivity index (χ3v) is 3.88. The summed E-state index contributed by atoms with van der Waals surface area (Å²) in [7, 11) is 1.54. The highest BCUT2D eigenvalue weighted by atomic mass is 16.5. The van der Waals surface area contributed by atoms with Crippen LogP contribution >= 0.6 is 0 Å². The fraction of sp³-hybridized carbons (Fsp3) is 0.312. The van der Waals surface area contributed by atoms with Crippen LogP contribution in [0.5, 0.6) is 5.75 Å². The minimum Gasteiger partial charge on any atom is -0.495 e. The van der Waals surface area contributed by atoms with Gasteiger partial charge in [0.2, 0.25) is 5.95 Å². The third kappa shape index (κ3) is 3.18. The molecular weight excluding hydrogens is 294 g/mol.